The van der Waals surface area contributed by atoms with Crippen LogP contribution in [0.1, 0.15) is 11.1 Å². The van der Waals surface area contributed by atoms with Crippen molar-refractivity contribution in [2.45, 2.75) is 13.5 Å². The van der Waals surface area contributed by atoms with E-state index in [2.05, 4.69) is 15.4 Å². The Morgan fingerprint density at radius 3 is 2.48 bits per heavy atom. The third-order valence-corrected chi connectivity index (χ3v) is 3.56. The van der Waals surface area contributed by atoms with Crippen molar-refractivity contribution < 1.29 is 9.47 Å². The average Bonchev–Trinajstić information content (AvgIpc) is 3.04. The summed E-state index contributed by atoms with van der Waals surface area (Å²) in [5.41, 5.74) is 3.07. The number of hydrogen-bond donors (Lipinski definition) is 0. The Kier molecular flexibility index (Phi) is 4.23. The molecule has 0 fully saturated rings. The number of aryl methyl sites for hydroxylation is 1. The van der Waals surface area contributed by atoms with Crippen molar-refractivity contribution in [3.63, 3.8) is 0 Å². The van der Waals surface area contributed by atoms with Crippen molar-refractivity contribution in [1.29, 1.82) is 0 Å². The molecule has 1 aromatic heterocycles. The van der Waals surface area contributed by atoms with Crippen LogP contribution in [0.5, 0.6) is 11.5 Å². The highest BCUT2D eigenvalue weighted by atomic mass is 16.5. The van der Waals surface area contributed by atoms with E-state index >= 15 is 0 Å². The Bertz CT molecular complexity index is 797. The van der Waals surface area contributed by atoms with Gasteiger partial charge in [-0.25, -0.2) is 0 Å². The first-order chi connectivity index (χ1) is 11.2. The fourth-order valence-corrected chi connectivity index (χ4v) is 2.29. The molecule has 0 amide bonds. The van der Waals surface area contributed by atoms with E-state index in [1.165, 1.54) is 5.56 Å². The molecule has 1 heterocycles. The minimum atomic E-state index is 0.458. The van der Waals surface area contributed by atoms with Crippen molar-refractivity contribution >= 4 is 0 Å². The molecule has 0 spiro atoms. The predicted molar refractivity (Wildman–Crippen MR) is 86.6 cm³/mol. The number of hydrogen-bond acceptors (Lipinski definition) is 5. The number of tetrazole rings is 1. The fourth-order valence-electron chi connectivity index (χ4n) is 2.29. The van der Waals surface area contributed by atoms with Crippen LogP contribution in [0.25, 0.3) is 11.4 Å². The van der Waals surface area contributed by atoms with Crippen LogP contribution in [0.3, 0.4) is 0 Å². The van der Waals surface area contributed by atoms with Crippen LogP contribution < -0.4 is 9.47 Å². The summed E-state index contributed by atoms with van der Waals surface area (Å²) in [6, 6.07) is 13.7. The molecule has 0 atom stereocenters. The predicted octanol–water partition coefficient (Wildman–Crippen LogP) is 2.71. The first-order valence-electron chi connectivity index (χ1n) is 7.25. The minimum Gasteiger partial charge on any atom is -0.497 e. The number of benzene rings is 2. The maximum atomic E-state index is 5.38. The number of aromatic nitrogens is 4. The van der Waals surface area contributed by atoms with Gasteiger partial charge in [-0.2, -0.15) is 4.80 Å². The molecular weight excluding hydrogens is 292 g/mol. The monoisotopic (exact) mass is 310 g/mol. The molecule has 0 N–H and O–H groups in total. The molecule has 6 nitrogen and oxygen atoms in total. The van der Waals surface area contributed by atoms with E-state index in [9.17, 15) is 0 Å². The lowest BCUT2D eigenvalue weighted by Gasteiger charge is -2.09. The topological polar surface area (TPSA) is 62.1 Å². The molecule has 0 aliphatic heterocycles. The molecule has 0 aliphatic carbocycles. The summed E-state index contributed by atoms with van der Waals surface area (Å²) in [4.78, 5) is 1.55. The Labute approximate surface area is 134 Å². The molecule has 3 rings (SSSR count). The summed E-state index contributed by atoms with van der Waals surface area (Å²) < 4.78 is 10.6. The van der Waals surface area contributed by atoms with Crippen molar-refractivity contribution in [3.05, 3.63) is 53.6 Å². The van der Waals surface area contributed by atoms with Gasteiger partial charge in [0, 0.05) is 11.1 Å². The molecule has 118 valence electrons. The highest BCUT2D eigenvalue weighted by molar-refractivity contribution is 5.54. The highest BCUT2D eigenvalue weighted by Gasteiger charge is 2.10. The lowest BCUT2D eigenvalue weighted by atomic mass is 10.1. The first kappa shape index (κ1) is 15.0. The number of methoxy groups -OCH3 is 2. The van der Waals surface area contributed by atoms with E-state index in [-0.39, 0.29) is 0 Å². The standard InChI is InChI=1S/C17H18N4O2/c1-12-4-6-13(7-5-12)17-18-20-21(19-17)11-14-10-15(22-2)8-9-16(14)23-3/h4-10H,11H2,1-3H3. The zero-order valence-electron chi connectivity index (χ0n) is 13.4. The second kappa shape index (κ2) is 6.48. The summed E-state index contributed by atoms with van der Waals surface area (Å²) in [6.45, 7) is 2.50. The fraction of sp³-hybridized carbons (Fsp3) is 0.235. The van der Waals surface area contributed by atoms with Gasteiger partial charge in [0.2, 0.25) is 5.82 Å². The molecule has 23 heavy (non-hydrogen) atoms. The molecule has 0 aliphatic rings. The van der Waals surface area contributed by atoms with Crippen molar-refractivity contribution in [2.24, 2.45) is 0 Å². The van der Waals surface area contributed by atoms with Gasteiger partial charge in [-0.05, 0) is 30.3 Å². The summed E-state index contributed by atoms with van der Waals surface area (Å²) in [5, 5.41) is 12.7. The van der Waals surface area contributed by atoms with Gasteiger partial charge in [-0.15, -0.1) is 10.2 Å². The van der Waals surface area contributed by atoms with Crippen LogP contribution in [-0.2, 0) is 6.54 Å². The number of nitrogens with zero attached hydrogens (tertiary/aromatic N) is 4. The van der Waals surface area contributed by atoms with Gasteiger partial charge in [-0.1, -0.05) is 29.8 Å². The second-order valence-corrected chi connectivity index (χ2v) is 5.19. The normalized spacial score (nSPS) is 10.6. The lowest BCUT2D eigenvalue weighted by Crippen LogP contribution is -2.06. The van der Waals surface area contributed by atoms with Crippen LogP contribution in [0.15, 0.2) is 42.5 Å². The van der Waals surface area contributed by atoms with E-state index in [4.69, 9.17) is 9.47 Å². The second-order valence-electron chi connectivity index (χ2n) is 5.19. The molecule has 0 saturated heterocycles. The molecule has 3 aromatic rings. The Balaban J connectivity index is 1.85. The van der Waals surface area contributed by atoms with Gasteiger partial charge >= 0.3 is 0 Å². The number of rotatable bonds is 5. The van der Waals surface area contributed by atoms with Gasteiger partial charge in [0.05, 0.1) is 20.8 Å². The SMILES string of the molecule is COc1ccc(OC)c(Cn2nnc(-c3ccc(C)cc3)n2)c1. The molecule has 0 radical (unpaired) electrons. The minimum absolute atomic E-state index is 0.458. The summed E-state index contributed by atoms with van der Waals surface area (Å²) in [7, 11) is 3.27. The van der Waals surface area contributed by atoms with Crippen LogP contribution in [0, 0.1) is 6.92 Å². The van der Waals surface area contributed by atoms with Gasteiger partial charge in [-0.3, -0.25) is 0 Å². The molecule has 2 aromatic carbocycles. The van der Waals surface area contributed by atoms with Gasteiger partial charge in [0.25, 0.3) is 0 Å². The van der Waals surface area contributed by atoms with Gasteiger partial charge in [0.1, 0.15) is 11.5 Å². The first-order valence-corrected chi connectivity index (χ1v) is 7.25. The zero-order valence-corrected chi connectivity index (χ0v) is 13.4. The maximum absolute atomic E-state index is 5.38. The maximum Gasteiger partial charge on any atom is 0.204 e. The van der Waals surface area contributed by atoms with Crippen LogP contribution >= 0.6 is 0 Å². The Hall–Kier alpha value is -2.89. The molecular formula is C17H18N4O2. The largest absolute Gasteiger partial charge is 0.497 e. The lowest BCUT2D eigenvalue weighted by molar-refractivity contribution is 0.395. The van der Waals surface area contributed by atoms with Crippen LogP contribution in [0.2, 0.25) is 0 Å². The third kappa shape index (κ3) is 3.31. The third-order valence-electron chi connectivity index (χ3n) is 3.56. The number of ether oxygens (including phenoxy) is 2. The van der Waals surface area contributed by atoms with Crippen LogP contribution in [-0.4, -0.2) is 34.4 Å². The van der Waals surface area contributed by atoms with E-state index in [1.807, 2.05) is 49.4 Å². The molecule has 6 heteroatoms. The molecule has 0 unspecified atom stereocenters. The van der Waals surface area contributed by atoms with Crippen molar-refractivity contribution in [1.82, 2.24) is 20.2 Å². The average molecular weight is 310 g/mol. The van der Waals surface area contributed by atoms with Crippen molar-refractivity contribution in [2.75, 3.05) is 14.2 Å². The summed E-state index contributed by atoms with van der Waals surface area (Å²) in [5.74, 6) is 2.13. The van der Waals surface area contributed by atoms with Gasteiger partial charge < -0.3 is 9.47 Å². The molecule has 0 bridgehead atoms. The smallest absolute Gasteiger partial charge is 0.204 e. The Morgan fingerprint density at radius 1 is 1.00 bits per heavy atom. The van der Waals surface area contributed by atoms with Crippen LogP contribution in [0.4, 0.5) is 0 Å². The highest BCUT2D eigenvalue weighted by Crippen LogP contribution is 2.24. The quantitative estimate of drug-likeness (QED) is 0.725. The van der Waals surface area contributed by atoms with E-state index in [1.54, 1.807) is 19.0 Å². The van der Waals surface area contributed by atoms with E-state index < -0.39 is 0 Å². The van der Waals surface area contributed by atoms with Crippen molar-refractivity contribution in [3.8, 4) is 22.9 Å². The van der Waals surface area contributed by atoms with E-state index in [0.717, 1.165) is 22.6 Å². The van der Waals surface area contributed by atoms with Gasteiger partial charge in [0.15, 0.2) is 0 Å². The summed E-state index contributed by atoms with van der Waals surface area (Å²) >= 11 is 0. The Morgan fingerprint density at radius 2 is 1.78 bits per heavy atom. The molecule has 0 saturated carbocycles. The van der Waals surface area contributed by atoms with E-state index in [0.29, 0.717) is 12.4 Å². The summed E-state index contributed by atoms with van der Waals surface area (Å²) in [6.07, 6.45) is 0. The zero-order chi connectivity index (χ0) is 16.2.